The number of Topliss-reactive ketones (excluding diaryl/α,β-unsaturated/α-hetero) is 1. The summed E-state index contributed by atoms with van der Waals surface area (Å²) in [6.07, 6.45) is 11.1. The highest BCUT2D eigenvalue weighted by Gasteiger charge is 2.23. The lowest BCUT2D eigenvalue weighted by molar-refractivity contribution is 0.101. The molecule has 0 amide bonds. The average Bonchev–Trinajstić information content (AvgIpc) is 2.69. The molecule has 2 fully saturated rings. The second kappa shape index (κ2) is 9.88. The predicted molar refractivity (Wildman–Crippen MR) is 112 cm³/mol. The first-order chi connectivity index (χ1) is 13.1. The maximum absolute atomic E-state index is 11.7. The summed E-state index contributed by atoms with van der Waals surface area (Å²) in [4.78, 5) is 16.6. The second-order valence-corrected chi connectivity index (χ2v) is 8.15. The molecule has 27 heavy (non-hydrogen) atoms. The first-order valence-corrected chi connectivity index (χ1v) is 10.6. The van der Waals surface area contributed by atoms with E-state index >= 15 is 0 Å². The van der Waals surface area contributed by atoms with Crippen LogP contribution in [0.3, 0.4) is 0 Å². The Morgan fingerprint density at radius 2 is 1.85 bits per heavy atom. The molecule has 0 spiro atoms. The minimum absolute atomic E-state index is 0.0709. The second-order valence-electron chi connectivity index (χ2n) is 8.15. The van der Waals surface area contributed by atoms with Gasteiger partial charge < -0.3 is 16.4 Å². The van der Waals surface area contributed by atoms with E-state index in [4.69, 9.17) is 10.7 Å². The molecule has 2 aliphatic rings. The standard InChI is InChI=1S/C22H34N4O/c1-16(27)18-10-7-11-19(14-18)25-22(24-15-17-8-3-2-4-9-17)26-21-13-6-5-12-20(21)23/h7,10-11,14,17,20-21H,2-6,8-9,12-13,15,23H2,1H3,(H2,24,25,26)/t20-,21-/m0/s1. The van der Waals surface area contributed by atoms with Crippen LogP contribution in [0, 0.1) is 5.92 Å². The summed E-state index contributed by atoms with van der Waals surface area (Å²) in [6.45, 7) is 2.44. The third-order valence-corrected chi connectivity index (χ3v) is 5.91. The number of anilines is 1. The molecule has 2 atom stereocenters. The van der Waals surface area contributed by atoms with Crippen molar-refractivity contribution in [2.24, 2.45) is 16.6 Å². The van der Waals surface area contributed by atoms with Crippen LogP contribution in [0.25, 0.3) is 0 Å². The molecular weight excluding hydrogens is 336 g/mol. The van der Waals surface area contributed by atoms with E-state index in [0.29, 0.717) is 11.5 Å². The molecule has 2 aliphatic carbocycles. The fourth-order valence-electron chi connectivity index (χ4n) is 4.18. The smallest absolute Gasteiger partial charge is 0.196 e. The molecule has 148 valence electrons. The van der Waals surface area contributed by atoms with Gasteiger partial charge in [-0.1, -0.05) is 44.2 Å². The fourth-order valence-corrected chi connectivity index (χ4v) is 4.18. The lowest BCUT2D eigenvalue weighted by Gasteiger charge is -2.31. The van der Waals surface area contributed by atoms with Gasteiger partial charge in [0.05, 0.1) is 0 Å². The number of ketones is 1. The summed E-state index contributed by atoms with van der Waals surface area (Å²) in [5.41, 5.74) is 7.93. The molecular formula is C22H34N4O. The maximum atomic E-state index is 11.7. The van der Waals surface area contributed by atoms with Crippen molar-refractivity contribution < 1.29 is 4.79 Å². The molecule has 0 radical (unpaired) electrons. The maximum Gasteiger partial charge on any atom is 0.196 e. The van der Waals surface area contributed by atoms with Crippen LogP contribution in [-0.4, -0.2) is 30.4 Å². The molecule has 0 saturated heterocycles. The lowest BCUT2D eigenvalue weighted by atomic mass is 9.89. The molecule has 1 aromatic carbocycles. The summed E-state index contributed by atoms with van der Waals surface area (Å²) < 4.78 is 0. The Balaban J connectivity index is 1.71. The molecule has 5 heteroatoms. The molecule has 4 N–H and O–H groups in total. The van der Waals surface area contributed by atoms with Gasteiger partial charge in [-0.2, -0.15) is 0 Å². The van der Waals surface area contributed by atoms with Crippen LogP contribution in [0.5, 0.6) is 0 Å². The van der Waals surface area contributed by atoms with Crippen LogP contribution in [0.1, 0.15) is 75.1 Å². The van der Waals surface area contributed by atoms with E-state index in [-0.39, 0.29) is 17.9 Å². The highest BCUT2D eigenvalue weighted by Crippen LogP contribution is 2.24. The monoisotopic (exact) mass is 370 g/mol. The summed E-state index contributed by atoms with van der Waals surface area (Å²) in [5, 5.41) is 6.98. The Hall–Kier alpha value is -1.88. The first kappa shape index (κ1) is 19.9. The van der Waals surface area contributed by atoms with Gasteiger partial charge in [0.25, 0.3) is 0 Å². The van der Waals surface area contributed by atoms with Crippen molar-refractivity contribution in [2.45, 2.75) is 76.8 Å². The molecule has 1 aromatic rings. The zero-order valence-corrected chi connectivity index (χ0v) is 16.5. The predicted octanol–water partition coefficient (Wildman–Crippen LogP) is 4.10. The average molecular weight is 371 g/mol. The van der Waals surface area contributed by atoms with Gasteiger partial charge >= 0.3 is 0 Å². The van der Waals surface area contributed by atoms with Crippen LogP contribution in [0.4, 0.5) is 5.69 Å². The van der Waals surface area contributed by atoms with Crippen LogP contribution >= 0.6 is 0 Å². The van der Waals surface area contributed by atoms with Crippen LogP contribution in [0.15, 0.2) is 29.3 Å². The van der Waals surface area contributed by atoms with Crippen LogP contribution in [0.2, 0.25) is 0 Å². The molecule has 0 heterocycles. The molecule has 0 aliphatic heterocycles. The van der Waals surface area contributed by atoms with Crippen molar-refractivity contribution in [3.05, 3.63) is 29.8 Å². The van der Waals surface area contributed by atoms with Crippen molar-refractivity contribution >= 4 is 17.4 Å². The number of nitrogens with one attached hydrogen (secondary N) is 2. The van der Waals surface area contributed by atoms with Gasteiger partial charge in [0.2, 0.25) is 0 Å². The highest BCUT2D eigenvalue weighted by atomic mass is 16.1. The zero-order valence-electron chi connectivity index (χ0n) is 16.5. The van der Waals surface area contributed by atoms with Crippen molar-refractivity contribution in [1.29, 1.82) is 0 Å². The molecule has 0 aromatic heterocycles. The number of nitrogens with zero attached hydrogens (tertiary/aromatic N) is 1. The van der Waals surface area contributed by atoms with E-state index in [1.54, 1.807) is 6.92 Å². The topological polar surface area (TPSA) is 79.5 Å². The van der Waals surface area contributed by atoms with E-state index in [0.717, 1.165) is 31.0 Å². The fraction of sp³-hybridized carbons (Fsp3) is 0.636. The van der Waals surface area contributed by atoms with Crippen molar-refractivity contribution in [3.63, 3.8) is 0 Å². The van der Waals surface area contributed by atoms with Gasteiger partial charge in [0.1, 0.15) is 0 Å². The Bertz CT molecular complexity index is 651. The summed E-state index contributed by atoms with van der Waals surface area (Å²) in [6, 6.07) is 8.05. The van der Waals surface area contributed by atoms with E-state index in [9.17, 15) is 4.79 Å². The third kappa shape index (κ3) is 6.06. The van der Waals surface area contributed by atoms with Crippen LogP contribution < -0.4 is 16.4 Å². The number of aliphatic imine (C=N–C) groups is 1. The van der Waals surface area contributed by atoms with Gasteiger partial charge in [-0.25, -0.2) is 0 Å². The Morgan fingerprint density at radius 3 is 2.59 bits per heavy atom. The summed E-state index contributed by atoms with van der Waals surface area (Å²) >= 11 is 0. The first-order valence-electron chi connectivity index (χ1n) is 10.6. The van der Waals surface area contributed by atoms with Gasteiger partial charge in [-0.15, -0.1) is 0 Å². The number of carbonyl (C=O) groups excluding carboxylic acids is 1. The normalized spacial score (nSPS) is 24.4. The van der Waals surface area contributed by atoms with Gasteiger partial charge in [-0.05, 0) is 50.7 Å². The van der Waals surface area contributed by atoms with Crippen molar-refractivity contribution in [3.8, 4) is 0 Å². The molecule has 3 rings (SSSR count). The lowest BCUT2D eigenvalue weighted by Crippen LogP contribution is -2.51. The number of carbonyl (C=O) groups is 1. The SMILES string of the molecule is CC(=O)c1cccc(NC(=NCC2CCCCC2)N[C@H]2CCCC[C@@H]2N)c1. The van der Waals surface area contributed by atoms with Gasteiger partial charge in [0, 0.05) is 29.9 Å². The van der Waals surface area contributed by atoms with E-state index < -0.39 is 0 Å². The quantitative estimate of drug-likeness (QED) is 0.414. The number of hydrogen-bond donors (Lipinski definition) is 3. The molecule has 5 nitrogen and oxygen atoms in total. The van der Waals surface area contributed by atoms with Crippen LogP contribution in [-0.2, 0) is 0 Å². The number of rotatable bonds is 5. The Kier molecular flexibility index (Phi) is 7.27. The number of nitrogens with two attached hydrogens (primary N) is 1. The number of benzene rings is 1. The number of guanidine groups is 1. The van der Waals surface area contributed by atoms with Crippen molar-refractivity contribution in [2.75, 3.05) is 11.9 Å². The minimum atomic E-state index is 0.0709. The highest BCUT2D eigenvalue weighted by molar-refractivity contribution is 5.98. The summed E-state index contributed by atoms with van der Waals surface area (Å²) in [7, 11) is 0. The van der Waals surface area contributed by atoms with E-state index in [1.165, 1.54) is 44.9 Å². The minimum Gasteiger partial charge on any atom is -0.352 e. The van der Waals surface area contributed by atoms with Gasteiger partial charge in [0.15, 0.2) is 11.7 Å². The van der Waals surface area contributed by atoms with Gasteiger partial charge in [-0.3, -0.25) is 9.79 Å². The van der Waals surface area contributed by atoms with E-state index in [2.05, 4.69) is 10.6 Å². The summed E-state index contributed by atoms with van der Waals surface area (Å²) in [5.74, 6) is 1.55. The molecule has 2 saturated carbocycles. The van der Waals surface area contributed by atoms with Crippen molar-refractivity contribution in [1.82, 2.24) is 5.32 Å². The Labute approximate surface area is 163 Å². The number of hydrogen-bond acceptors (Lipinski definition) is 3. The third-order valence-electron chi connectivity index (χ3n) is 5.91. The Morgan fingerprint density at radius 1 is 1.11 bits per heavy atom. The molecule has 0 unspecified atom stereocenters. The largest absolute Gasteiger partial charge is 0.352 e. The van der Waals surface area contributed by atoms with E-state index in [1.807, 2.05) is 24.3 Å². The molecule has 0 bridgehead atoms. The zero-order chi connectivity index (χ0) is 19.1.